The minimum Gasteiger partial charge on any atom is -0.488 e. The van der Waals surface area contributed by atoms with Crippen molar-refractivity contribution in [2.45, 2.75) is 6.61 Å². The smallest absolute Gasteiger partial charge is 0.263 e. The van der Waals surface area contributed by atoms with Crippen molar-refractivity contribution in [2.75, 3.05) is 0 Å². The Balaban J connectivity index is 1.84. The van der Waals surface area contributed by atoms with Gasteiger partial charge in [-0.1, -0.05) is 69.2 Å². The van der Waals surface area contributed by atoms with Gasteiger partial charge in [0.2, 0.25) is 0 Å². The highest BCUT2D eigenvalue weighted by Gasteiger charge is 2.22. The van der Waals surface area contributed by atoms with Crippen LogP contribution >= 0.6 is 63.1 Å². The van der Waals surface area contributed by atoms with Gasteiger partial charge in [0.25, 0.3) is 5.91 Å². The van der Waals surface area contributed by atoms with Gasteiger partial charge in [0, 0.05) is 10.0 Å². The van der Waals surface area contributed by atoms with E-state index in [4.69, 9.17) is 40.2 Å². The molecule has 0 aliphatic carbocycles. The van der Waals surface area contributed by atoms with Crippen molar-refractivity contribution in [1.29, 1.82) is 0 Å². The highest BCUT2D eigenvalue weighted by atomic mass is 79.9. The Kier molecular flexibility index (Phi) is 6.07. The molecule has 8 heteroatoms. The predicted octanol–water partition coefficient (Wildman–Crippen LogP) is 5.82. The molecule has 1 heterocycles. The van der Waals surface area contributed by atoms with Crippen LogP contribution in [0, 0.1) is 0 Å². The third-order valence-electron chi connectivity index (χ3n) is 3.28. The molecule has 1 aliphatic heterocycles. The molecule has 1 N–H and O–H groups in total. The second kappa shape index (κ2) is 8.10. The molecule has 1 aliphatic rings. The van der Waals surface area contributed by atoms with Crippen LogP contribution in [0.25, 0.3) is 6.08 Å². The van der Waals surface area contributed by atoms with E-state index in [9.17, 15) is 4.79 Å². The summed E-state index contributed by atoms with van der Waals surface area (Å²) in [4.78, 5) is 12.4. The molecule has 1 fully saturated rings. The van der Waals surface area contributed by atoms with Gasteiger partial charge < -0.3 is 10.1 Å². The van der Waals surface area contributed by atoms with Crippen molar-refractivity contribution < 1.29 is 9.53 Å². The first-order chi connectivity index (χ1) is 11.9. The fourth-order valence-electron chi connectivity index (χ4n) is 2.12. The number of carbonyl (C=O) groups is 1. The van der Waals surface area contributed by atoms with Crippen molar-refractivity contribution in [3.05, 3.63) is 66.9 Å². The Morgan fingerprint density at radius 3 is 2.68 bits per heavy atom. The summed E-state index contributed by atoms with van der Waals surface area (Å²) >= 11 is 21.6. The van der Waals surface area contributed by atoms with Gasteiger partial charge in [0.15, 0.2) is 0 Å². The molecule has 0 spiro atoms. The summed E-state index contributed by atoms with van der Waals surface area (Å²) in [6.45, 7) is 0.326. The lowest BCUT2D eigenvalue weighted by molar-refractivity contribution is -0.115. The Morgan fingerprint density at radius 1 is 1.20 bits per heavy atom. The van der Waals surface area contributed by atoms with Gasteiger partial charge in [-0.2, -0.15) is 0 Å². The van der Waals surface area contributed by atoms with E-state index in [1.165, 1.54) is 11.8 Å². The van der Waals surface area contributed by atoms with E-state index in [1.807, 2.05) is 24.3 Å². The summed E-state index contributed by atoms with van der Waals surface area (Å²) < 4.78 is 7.23. The van der Waals surface area contributed by atoms with Gasteiger partial charge in [0.1, 0.15) is 16.7 Å². The van der Waals surface area contributed by atoms with Gasteiger partial charge in [-0.3, -0.25) is 4.79 Å². The number of rotatable bonds is 4. The zero-order valence-electron chi connectivity index (χ0n) is 12.5. The molecule has 0 bridgehead atoms. The van der Waals surface area contributed by atoms with Crippen molar-refractivity contribution >= 4 is 79.4 Å². The van der Waals surface area contributed by atoms with Crippen LogP contribution in [-0.2, 0) is 11.4 Å². The molecule has 0 atom stereocenters. The van der Waals surface area contributed by atoms with Gasteiger partial charge in [-0.05, 0) is 42.0 Å². The largest absolute Gasteiger partial charge is 0.488 e. The number of thiocarbonyl (C=S) groups is 1. The molecule has 3 rings (SSSR count). The van der Waals surface area contributed by atoms with E-state index in [0.717, 1.165) is 15.6 Å². The first kappa shape index (κ1) is 18.7. The zero-order valence-corrected chi connectivity index (χ0v) is 17.2. The monoisotopic (exact) mass is 473 g/mol. The summed E-state index contributed by atoms with van der Waals surface area (Å²) in [5.41, 5.74) is 1.67. The van der Waals surface area contributed by atoms with E-state index in [-0.39, 0.29) is 5.91 Å². The van der Waals surface area contributed by atoms with Crippen LogP contribution in [0.15, 0.2) is 45.8 Å². The quantitative estimate of drug-likeness (QED) is 0.447. The molecule has 2 aromatic carbocycles. The summed E-state index contributed by atoms with van der Waals surface area (Å²) in [6.07, 6.45) is 1.76. The van der Waals surface area contributed by atoms with Crippen molar-refractivity contribution in [3.63, 3.8) is 0 Å². The Morgan fingerprint density at radius 2 is 2.00 bits per heavy atom. The van der Waals surface area contributed by atoms with Crippen molar-refractivity contribution in [3.8, 4) is 5.75 Å². The summed E-state index contributed by atoms with van der Waals surface area (Å²) in [6, 6.07) is 10.9. The molecule has 1 amide bonds. The Labute approximate surface area is 172 Å². The van der Waals surface area contributed by atoms with Crippen LogP contribution in [0.3, 0.4) is 0 Å². The standard InChI is InChI=1S/C17H10BrCl2NO2S2/c18-11-2-4-14(23-8-9-1-3-12(19)13(20)5-9)10(6-11)7-15-16(22)21-17(24)25-15/h1-7H,8H2,(H,21,22,24)/b15-7+. The SMILES string of the molecule is O=C1NC(=S)S/C1=C/c1cc(Br)ccc1OCc1ccc(Cl)c(Cl)c1. The molecule has 1 saturated heterocycles. The van der Waals surface area contributed by atoms with E-state index in [2.05, 4.69) is 21.2 Å². The van der Waals surface area contributed by atoms with E-state index >= 15 is 0 Å². The molecular formula is C17H10BrCl2NO2S2. The van der Waals surface area contributed by atoms with Crippen LogP contribution in [-0.4, -0.2) is 10.2 Å². The fourth-order valence-corrected chi connectivity index (χ4v) is 3.85. The predicted molar refractivity (Wildman–Crippen MR) is 111 cm³/mol. The molecule has 0 aromatic heterocycles. The van der Waals surface area contributed by atoms with Gasteiger partial charge >= 0.3 is 0 Å². The lowest BCUT2D eigenvalue weighted by Gasteiger charge is -2.11. The van der Waals surface area contributed by atoms with E-state index in [1.54, 1.807) is 18.2 Å². The average Bonchev–Trinajstić information content (AvgIpc) is 2.87. The number of amides is 1. The number of thioether (sulfide) groups is 1. The molecule has 0 radical (unpaired) electrons. The normalized spacial score (nSPS) is 15.6. The maximum atomic E-state index is 11.9. The highest BCUT2D eigenvalue weighted by molar-refractivity contribution is 9.10. The summed E-state index contributed by atoms with van der Waals surface area (Å²) in [7, 11) is 0. The molecule has 0 unspecified atom stereocenters. The molecule has 3 nitrogen and oxygen atoms in total. The van der Waals surface area contributed by atoms with Crippen LogP contribution < -0.4 is 10.1 Å². The minimum absolute atomic E-state index is 0.203. The van der Waals surface area contributed by atoms with Crippen LogP contribution in [0.2, 0.25) is 10.0 Å². The number of nitrogens with one attached hydrogen (secondary N) is 1. The molecule has 25 heavy (non-hydrogen) atoms. The molecule has 0 saturated carbocycles. The highest BCUT2D eigenvalue weighted by Crippen LogP contribution is 2.32. The Bertz CT molecular complexity index is 902. The zero-order chi connectivity index (χ0) is 18.0. The first-order valence-electron chi connectivity index (χ1n) is 7.03. The number of hydrogen-bond acceptors (Lipinski definition) is 4. The van der Waals surface area contributed by atoms with E-state index in [0.29, 0.717) is 31.6 Å². The number of ether oxygens (including phenoxy) is 1. The van der Waals surface area contributed by atoms with Crippen molar-refractivity contribution in [1.82, 2.24) is 5.32 Å². The third kappa shape index (κ3) is 4.77. The van der Waals surface area contributed by atoms with Gasteiger partial charge in [-0.25, -0.2) is 0 Å². The van der Waals surface area contributed by atoms with Crippen LogP contribution in [0.4, 0.5) is 0 Å². The van der Waals surface area contributed by atoms with Crippen molar-refractivity contribution in [2.24, 2.45) is 0 Å². The van der Waals surface area contributed by atoms with E-state index < -0.39 is 0 Å². The lowest BCUT2D eigenvalue weighted by Crippen LogP contribution is -2.17. The number of hydrogen-bond donors (Lipinski definition) is 1. The number of benzene rings is 2. The second-order valence-corrected chi connectivity index (χ2v) is 8.52. The molecular weight excluding hydrogens is 465 g/mol. The first-order valence-corrected chi connectivity index (χ1v) is 9.81. The van der Waals surface area contributed by atoms with Crippen LogP contribution in [0.5, 0.6) is 5.75 Å². The summed E-state index contributed by atoms with van der Waals surface area (Å²) in [5.74, 6) is 0.443. The lowest BCUT2D eigenvalue weighted by atomic mass is 10.2. The fraction of sp³-hybridized carbons (Fsp3) is 0.0588. The topological polar surface area (TPSA) is 38.3 Å². The van der Waals surface area contributed by atoms with Gasteiger partial charge in [-0.15, -0.1) is 0 Å². The minimum atomic E-state index is -0.203. The maximum Gasteiger partial charge on any atom is 0.263 e. The van der Waals surface area contributed by atoms with Crippen LogP contribution in [0.1, 0.15) is 11.1 Å². The molecule has 128 valence electrons. The third-order valence-corrected chi connectivity index (χ3v) is 5.67. The number of halogens is 3. The maximum absolute atomic E-state index is 11.9. The average molecular weight is 475 g/mol. The number of carbonyl (C=O) groups excluding carboxylic acids is 1. The van der Waals surface area contributed by atoms with Gasteiger partial charge in [0.05, 0.1) is 15.0 Å². The summed E-state index contributed by atoms with van der Waals surface area (Å²) in [5, 5.41) is 3.58. The second-order valence-electron chi connectivity index (χ2n) is 5.07. The molecule has 2 aromatic rings. The Hall–Kier alpha value is -1.05.